The second-order valence-corrected chi connectivity index (χ2v) is 9.37. The first kappa shape index (κ1) is 23.1. The number of carbonyl (C=O) groups is 1. The number of rotatable bonds is 7. The van der Waals surface area contributed by atoms with Crippen LogP contribution in [0.4, 0.5) is 5.82 Å². The fraction of sp³-hybridized carbons (Fsp3) is 0.259. The van der Waals surface area contributed by atoms with Gasteiger partial charge in [0.25, 0.3) is 5.89 Å². The van der Waals surface area contributed by atoms with Gasteiger partial charge in [-0.25, -0.2) is 4.98 Å². The van der Waals surface area contributed by atoms with Gasteiger partial charge < -0.3 is 14.7 Å². The number of pyridine rings is 1. The second-order valence-electron chi connectivity index (χ2n) is 8.49. The van der Waals surface area contributed by atoms with Crippen LogP contribution in [0.3, 0.4) is 0 Å². The molecule has 0 radical (unpaired) electrons. The zero-order valence-electron chi connectivity index (χ0n) is 19.6. The largest absolute Gasteiger partial charge is 0.356 e. The van der Waals surface area contributed by atoms with Gasteiger partial charge >= 0.3 is 0 Å². The normalized spacial score (nSPS) is 14.1. The molecule has 7 nitrogen and oxygen atoms in total. The molecule has 2 aromatic carbocycles. The summed E-state index contributed by atoms with van der Waals surface area (Å²) in [5.74, 6) is 1.91. The number of nitrogens with one attached hydrogen (secondary N) is 1. The Morgan fingerprint density at radius 1 is 1.06 bits per heavy atom. The Hall–Kier alpha value is -3.65. The molecule has 35 heavy (non-hydrogen) atoms. The average molecular weight is 486 g/mol. The monoisotopic (exact) mass is 485 g/mol. The van der Waals surface area contributed by atoms with Crippen LogP contribution in [0.1, 0.15) is 18.4 Å². The van der Waals surface area contributed by atoms with Crippen LogP contribution in [-0.4, -0.2) is 40.4 Å². The summed E-state index contributed by atoms with van der Waals surface area (Å²) in [6.45, 7) is 2.04. The quantitative estimate of drug-likeness (QED) is 0.367. The molecule has 5 rings (SSSR count). The Morgan fingerprint density at radius 3 is 2.57 bits per heavy atom. The smallest absolute Gasteiger partial charge is 0.261 e. The van der Waals surface area contributed by atoms with Gasteiger partial charge in [-0.3, -0.25) is 4.79 Å². The molecule has 0 spiro atoms. The highest BCUT2D eigenvalue weighted by atomic mass is 32.2. The van der Waals surface area contributed by atoms with E-state index in [1.165, 1.54) is 4.90 Å². The number of piperidine rings is 1. The molecule has 0 aliphatic carbocycles. The van der Waals surface area contributed by atoms with Crippen LogP contribution in [0.15, 0.2) is 82.3 Å². The second kappa shape index (κ2) is 10.7. The van der Waals surface area contributed by atoms with E-state index in [4.69, 9.17) is 4.52 Å². The summed E-state index contributed by atoms with van der Waals surface area (Å²) in [6.07, 6.45) is 5.37. The van der Waals surface area contributed by atoms with Gasteiger partial charge in [-0.1, -0.05) is 47.6 Å². The minimum atomic E-state index is -0.00281. The van der Waals surface area contributed by atoms with Gasteiger partial charge in [-0.05, 0) is 48.9 Å². The molecule has 1 aliphatic rings. The Bertz CT molecular complexity index is 1270. The minimum absolute atomic E-state index is 0.00281. The lowest BCUT2D eigenvalue weighted by molar-refractivity contribution is -0.125. The van der Waals surface area contributed by atoms with Gasteiger partial charge in [-0.2, -0.15) is 4.98 Å². The highest BCUT2D eigenvalue weighted by Gasteiger charge is 2.27. The number of anilines is 1. The van der Waals surface area contributed by atoms with Gasteiger partial charge in [0.1, 0.15) is 5.82 Å². The molecule has 1 N–H and O–H groups in total. The van der Waals surface area contributed by atoms with Crippen LogP contribution in [0.5, 0.6) is 0 Å². The van der Waals surface area contributed by atoms with Crippen molar-refractivity contribution in [3.05, 3.63) is 78.5 Å². The molecule has 178 valence electrons. The Morgan fingerprint density at radius 2 is 1.83 bits per heavy atom. The van der Waals surface area contributed by atoms with Gasteiger partial charge in [0.05, 0.1) is 5.56 Å². The lowest BCUT2D eigenvalue weighted by Gasteiger charge is -2.32. The molecule has 8 heteroatoms. The highest BCUT2D eigenvalue weighted by molar-refractivity contribution is 7.98. The fourth-order valence-electron chi connectivity index (χ4n) is 4.28. The Kier molecular flexibility index (Phi) is 7.09. The van der Waals surface area contributed by atoms with E-state index < -0.39 is 0 Å². The standard InChI is InChI=1S/C27H27N5O2S/c1-35-22-11-9-19(10-12-22)18-29-26(33)21-13-16-32(17-14-21)25-23(8-5-15-28-25)27-30-24(31-34-27)20-6-3-2-4-7-20/h2-12,15,21H,13-14,16-18H2,1H3,(H,29,33). The van der Waals surface area contributed by atoms with E-state index in [1.54, 1.807) is 18.0 Å². The predicted octanol–water partition coefficient (Wildman–Crippen LogP) is 5.05. The lowest BCUT2D eigenvalue weighted by Crippen LogP contribution is -2.40. The van der Waals surface area contributed by atoms with Crippen LogP contribution in [0.25, 0.3) is 22.8 Å². The molecule has 1 fully saturated rings. The highest BCUT2D eigenvalue weighted by Crippen LogP contribution is 2.32. The minimum Gasteiger partial charge on any atom is -0.356 e. The van der Waals surface area contributed by atoms with Crippen LogP contribution in [0.2, 0.25) is 0 Å². The number of aromatic nitrogens is 3. The Balaban J connectivity index is 1.21. The summed E-state index contributed by atoms with van der Waals surface area (Å²) in [5, 5.41) is 7.26. The number of hydrogen-bond acceptors (Lipinski definition) is 7. The summed E-state index contributed by atoms with van der Waals surface area (Å²) >= 11 is 1.71. The summed E-state index contributed by atoms with van der Waals surface area (Å²) in [4.78, 5) is 25.4. The molecular formula is C27H27N5O2S. The SMILES string of the molecule is CSc1ccc(CNC(=O)C2CCN(c3ncccc3-c3nc(-c4ccccc4)no3)CC2)cc1. The van der Waals surface area contributed by atoms with Crippen molar-refractivity contribution in [2.45, 2.75) is 24.3 Å². The predicted molar refractivity (Wildman–Crippen MR) is 138 cm³/mol. The van der Waals surface area contributed by atoms with Crippen molar-refractivity contribution in [1.82, 2.24) is 20.4 Å². The third kappa shape index (κ3) is 5.38. The van der Waals surface area contributed by atoms with Gasteiger partial charge in [0, 0.05) is 42.2 Å². The molecule has 0 atom stereocenters. The fourth-order valence-corrected chi connectivity index (χ4v) is 4.69. The molecule has 0 saturated carbocycles. The number of hydrogen-bond donors (Lipinski definition) is 1. The van der Waals surface area contributed by atoms with Crippen LogP contribution < -0.4 is 10.2 Å². The maximum Gasteiger partial charge on any atom is 0.261 e. The Labute approximate surface area is 209 Å². The van der Waals surface area contributed by atoms with E-state index in [2.05, 4.69) is 55.9 Å². The number of thioether (sulfide) groups is 1. The van der Waals surface area contributed by atoms with Crippen molar-refractivity contribution in [3.63, 3.8) is 0 Å². The van der Waals surface area contributed by atoms with Crippen molar-refractivity contribution in [2.75, 3.05) is 24.2 Å². The van der Waals surface area contributed by atoms with Crippen molar-refractivity contribution < 1.29 is 9.32 Å². The summed E-state index contributed by atoms with van der Waals surface area (Å²) in [7, 11) is 0. The van der Waals surface area contributed by atoms with Crippen molar-refractivity contribution in [3.8, 4) is 22.8 Å². The maximum atomic E-state index is 12.8. The zero-order valence-corrected chi connectivity index (χ0v) is 20.4. The summed E-state index contributed by atoms with van der Waals surface area (Å²) in [5.41, 5.74) is 2.82. The third-order valence-corrected chi connectivity index (χ3v) is 7.01. The molecule has 4 aromatic rings. The number of amides is 1. The number of benzene rings is 2. The van der Waals surface area contributed by atoms with Crippen molar-refractivity contribution in [1.29, 1.82) is 0 Å². The van der Waals surface area contributed by atoms with Crippen LogP contribution >= 0.6 is 11.8 Å². The van der Waals surface area contributed by atoms with Crippen molar-refractivity contribution in [2.24, 2.45) is 5.92 Å². The molecule has 3 heterocycles. The average Bonchev–Trinajstić information content (AvgIpc) is 3.43. The molecule has 1 amide bonds. The molecule has 0 bridgehead atoms. The van der Waals surface area contributed by atoms with E-state index in [-0.39, 0.29) is 11.8 Å². The van der Waals surface area contributed by atoms with E-state index in [1.807, 2.05) is 42.5 Å². The van der Waals surface area contributed by atoms with E-state index in [9.17, 15) is 4.79 Å². The molecule has 1 aliphatic heterocycles. The van der Waals surface area contributed by atoms with Crippen LogP contribution in [-0.2, 0) is 11.3 Å². The molecular weight excluding hydrogens is 458 g/mol. The lowest BCUT2D eigenvalue weighted by atomic mass is 9.95. The topological polar surface area (TPSA) is 84.2 Å². The maximum absolute atomic E-state index is 12.8. The first-order valence-corrected chi connectivity index (χ1v) is 12.9. The number of nitrogens with zero attached hydrogens (tertiary/aromatic N) is 4. The first-order valence-electron chi connectivity index (χ1n) is 11.7. The summed E-state index contributed by atoms with van der Waals surface area (Å²) < 4.78 is 5.59. The molecule has 1 saturated heterocycles. The van der Waals surface area contributed by atoms with Gasteiger partial charge in [-0.15, -0.1) is 11.8 Å². The van der Waals surface area contributed by atoms with Crippen molar-refractivity contribution >= 4 is 23.5 Å². The zero-order chi connectivity index (χ0) is 24.0. The molecule has 0 unspecified atom stereocenters. The van der Waals surface area contributed by atoms with Gasteiger partial charge in [0.15, 0.2) is 0 Å². The van der Waals surface area contributed by atoms with Gasteiger partial charge in [0.2, 0.25) is 11.7 Å². The van der Waals surface area contributed by atoms with E-state index in [0.29, 0.717) is 18.3 Å². The number of carbonyl (C=O) groups excluding carboxylic acids is 1. The summed E-state index contributed by atoms with van der Waals surface area (Å²) in [6, 6.07) is 21.9. The third-order valence-electron chi connectivity index (χ3n) is 6.27. The van der Waals surface area contributed by atoms with E-state index in [0.717, 1.165) is 48.4 Å². The first-order chi connectivity index (χ1) is 17.2. The van der Waals surface area contributed by atoms with E-state index >= 15 is 0 Å². The molecule has 2 aromatic heterocycles. The van der Waals surface area contributed by atoms with Crippen LogP contribution in [0, 0.1) is 5.92 Å².